The fourth-order valence-electron chi connectivity index (χ4n) is 1.49. The van der Waals surface area contributed by atoms with Gasteiger partial charge in [0.15, 0.2) is 0 Å². The third kappa shape index (κ3) is 2.30. The molecule has 70 valence electrons. The van der Waals surface area contributed by atoms with E-state index in [0.717, 1.165) is 31.7 Å². The van der Waals surface area contributed by atoms with Gasteiger partial charge < -0.3 is 10.2 Å². The number of rotatable bonds is 4. The van der Waals surface area contributed by atoms with E-state index in [4.69, 9.17) is 0 Å². The Balaban J connectivity index is 2.34. The summed E-state index contributed by atoms with van der Waals surface area (Å²) < 4.78 is 0. The Morgan fingerprint density at radius 1 is 1.75 bits per heavy atom. The van der Waals surface area contributed by atoms with Gasteiger partial charge in [0, 0.05) is 24.9 Å². The zero-order valence-electron chi connectivity index (χ0n) is 7.42. The van der Waals surface area contributed by atoms with E-state index < -0.39 is 0 Å². The topological polar surface area (TPSA) is 32.3 Å². The molecule has 0 bridgehead atoms. The van der Waals surface area contributed by atoms with E-state index in [-0.39, 0.29) is 6.03 Å². The molecule has 0 spiro atoms. The fraction of sp³-hybridized carbons (Fsp3) is 0.875. The Labute approximate surface area is 78.9 Å². The molecule has 0 aromatic carbocycles. The van der Waals surface area contributed by atoms with Crippen molar-refractivity contribution in [2.24, 2.45) is 0 Å². The van der Waals surface area contributed by atoms with Crippen LogP contribution < -0.4 is 5.32 Å². The summed E-state index contributed by atoms with van der Waals surface area (Å²) in [6.45, 7) is 3.75. The van der Waals surface area contributed by atoms with Crippen molar-refractivity contribution in [1.29, 1.82) is 0 Å². The lowest BCUT2D eigenvalue weighted by atomic mass is 10.2. The Hall–Kier alpha value is -0.380. The molecule has 1 fully saturated rings. The maximum atomic E-state index is 11.2. The van der Waals surface area contributed by atoms with Gasteiger partial charge in [-0.2, -0.15) is 12.6 Å². The Kier molecular flexibility index (Phi) is 3.72. The molecule has 0 aromatic rings. The van der Waals surface area contributed by atoms with Crippen LogP contribution in [-0.2, 0) is 0 Å². The quantitative estimate of drug-likeness (QED) is 0.636. The van der Waals surface area contributed by atoms with Gasteiger partial charge in [0.05, 0.1) is 0 Å². The number of nitrogens with zero attached hydrogens (tertiary/aromatic N) is 1. The predicted octanol–water partition coefficient (Wildman–Crippen LogP) is 1.11. The van der Waals surface area contributed by atoms with Crippen LogP contribution in [0.4, 0.5) is 4.79 Å². The normalized spacial score (nSPS) is 23.0. The first-order chi connectivity index (χ1) is 5.77. The summed E-state index contributed by atoms with van der Waals surface area (Å²) in [5.41, 5.74) is 0. The first kappa shape index (κ1) is 9.71. The van der Waals surface area contributed by atoms with Crippen molar-refractivity contribution >= 4 is 18.7 Å². The maximum absolute atomic E-state index is 11.2. The number of hydrogen-bond donors (Lipinski definition) is 2. The molecule has 1 aliphatic heterocycles. The second-order valence-electron chi connectivity index (χ2n) is 3.10. The molecule has 1 saturated heterocycles. The Morgan fingerprint density at radius 2 is 2.50 bits per heavy atom. The van der Waals surface area contributed by atoms with Crippen molar-refractivity contribution in [3.05, 3.63) is 0 Å². The van der Waals surface area contributed by atoms with Crippen molar-refractivity contribution in [3.8, 4) is 0 Å². The van der Waals surface area contributed by atoms with Gasteiger partial charge in [-0.3, -0.25) is 0 Å². The number of hydrogen-bond acceptors (Lipinski definition) is 2. The average molecular weight is 188 g/mol. The molecule has 2 amide bonds. The largest absolute Gasteiger partial charge is 0.333 e. The number of carbonyl (C=O) groups is 1. The summed E-state index contributed by atoms with van der Waals surface area (Å²) in [6.07, 6.45) is 2.20. The van der Waals surface area contributed by atoms with Gasteiger partial charge >= 0.3 is 6.03 Å². The molecule has 0 aliphatic carbocycles. The van der Waals surface area contributed by atoms with Crippen LogP contribution in [0.5, 0.6) is 0 Å². The number of carbonyl (C=O) groups excluding carboxylic acids is 1. The number of nitrogens with one attached hydrogen (secondary N) is 1. The minimum absolute atomic E-state index is 0.0718. The summed E-state index contributed by atoms with van der Waals surface area (Å²) in [5, 5.41) is 2.94. The Bertz CT molecular complexity index is 163. The van der Waals surface area contributed by atoms with E-state index in [1.165, 1.54) is 0 Å². The van der Waals surface area contributed by atoms with Crippen molar-refractivity contribution in [2.45, 2.75) is 25.8 Å². The standard InChI is InChI=1S/C8H16N2OS/c1-2-3-7-6-10(4-5-12)8(11)9-7/h7,12H,2-6H2,1H3,(H,9,11). The van der Waals surface area contributed by atoms with Gasteiger partial charge in [-0.15, -0.1) is 0 Å². The van der Waals surface area contributed by atoms with E-state index in [9.17, 15) is 4.79 Å². The first-order valence-corrected chi connectivity index (χ1v) is 5.07. The highest BCUT2D eigenvalue weighted by Gasteiger charge is 2.26. The fourth-order valence-corrected chi connectivity index (χ4v) is 1.73. The summed E-state index contributed by atoms with van der Waals surface area (Å²) in [7, 11) is 0. The van der Waals surface area contributed by atoms with Crippen LogP contribution >= 0.6 is 12.6 Å². The zero-order chi connectivity index (χ0) is 8.97. The first-order valence-electron chi connectivity index (χ1n) is 4.44. The molecule has 0 radical (unpaired) electrons. The third-order valence-electron chi connectivity index (χ3n) is 2.06. The highest BCUT2D eigenvalue weighted by Crippen LogP contribution is 2.08. The van der Waals surface area contributed by atoms with Crippen LogP contribution in [-0.4, -0.2) is 35.8 Å². The van der Waals surface area contributed by atoms with Gasteiger partial charge in [-0.25, -0.2) is 4.79 Å². The summed E-state index contributed by atoms with van der Waals surface area (Å²) in [6, 6.07) is 0.435. The second kappa shape index (κ2) is 4.60. The van der Waals surface area contributed by atoms with Gasteiger partial charge in [0.25, 0.3) is 0 Å². The van der Waals surface area contributed by atoms with Crippen molar-refractivity contribution in [1.82, 2.24) is 10.2 Å². The molecule has 1 heterocycles. The van der Waals surface area contributed by atoms with Crippen LogP contribution in [0.3, 0.4) is 0 Å². The molecule has 1 aliphatic rings. The molecule has 0 saturated carbocycles. The molecular weight excluding hydrogens is 172 g/mol. The monoisotopic (exact) mass is 188 g/mol. The van der Waals surface area contributed by atoms with Crippen molar-refractivity contribution < 1.29 is 4.79 Å². The minimum atomic E-state index is 0.0718. The number of thiol groups is 1. The van der Waals surface area contributed by atoms with Gasteiger partial charge in [0.2, 0.25) is 0 Å². The van der Waals surface area contributed by atoms with E-state index in [0.29, 0.717) is 6.04 Å². The predicted molar refractivity (Wildman–Crippen MR) is 52.7 cm³/mol. The SMILES string of the molecule is CCCC1CN(CCS)C(=O)N1. The summed E-state index contributed by atoms with van der Waals surface area (Å²) >= 11 is 4.10. The highest BCUT2D eigenvalue weighted by molar-refractivity contribution is 7.80. The molecule has 0 aromatic heterocycles. The lowest BCUT2D eigenvalue weighted by Gasteiger charge is -2.11. The van der Waals surface area contributed by atoms with Gasteiger partial charge in [-0.1, -0.05) is 13.3 Å². The third-order valence-corrected chi connectivity index (χ3v) is 2.26. The van der Waals surface area contributed by atoms with Crippen LogP contribution in [0, 0.1) is 0 Å². The summed E-state index contributed by atoms with van der Waals surface area (Å²) in [5.74, 6) is 0.742. The van der Waals surface area contributed by atoms with E-state index in [2.05, 4.69) is 24.9 Å². The molecule has 1 atom stereocenters. The highest BCUT2D eigenvalue weighted by atomic mass is 32.1. The molecule has 1 rings (SSSR count). The van der Waals surface area contributed by atoms with Crippen LogP contribution in [0.2, 0.25) is 0 Å². The van der Waals surface area contributed by atoms with Crippen LogP contribution in [0.1, 0.15) is 19.8 Å². The van der Waals surface area contributed by atoms with E-state index in [1.54, 1.807) is 0 Å². The van der Waals surface area contributed by atoms with E-state index >= 15 is 0 Å². The molecule has 4 heteroatoms. The number of urea groups is 1. The van der Waals surface area contributed by atoms with Crippen molar-refractivity contribution in [3.63, 3.8) is 0 Å². The minimum Gasteiger partial charge on any atom is -0.333 e. The lowest BCUT2D eigenvalue weighted by Crippen LogP contribution is -2.29. The summed E-state index contributed by atoms with van der Waals surface area (Å²) in [4.78, 5) is 13.1. The zero-order valence-corrected chi connectivity index (χ0v) is 8.31. The maximum Gasteiger partial charge on any atom is 0.317 e. The van der Waals surface area contributed by atoms with Crippen LogP contribution in [0.25, 0.3) is 0 Å². The smallest absolute Gasteiger partial charge is 0.317 e. The average Bonchev–Trinajstić information content (AvgIpc) is 2.34. The molecule has 1 unspecified atom stereocenters. The van der Waals surface area contributed by atoms with Gasteiger partial charge in [-0.05, 0) is 6.42 Å². The molecule has 3 nitrogen and oxygen atoms in total. The van der Waals surface area contributed by atoms with Crippen molar-refractivity contribution in [2.75, 3.05) is 18.8 Å². The molecule has 12 heavy (non-hydrogen) atoms. The number of amides is 2. The molecule has 1 N–H and O–H groups in total. The lowest BCUT2D eigenvalue weighted by molar-refractivity contribution is 0.220. The van der Waals surface area contributed by atoms with Gasteiger partial charge in [0.1, 0.15) is 0 Å². The molecular formula is C8H16N2OS. The van der Waals surface area contributed by atoms with E-state index in [1.807, 2.05) is 4.90 Å². The second-order valence-corrected chi connectivity index (χ2v) is 3.55. The Morgan fingerprint density at radius 3 is 3.08 bits per heavy atom. The van der Waals surface area contributed by atoms with Crippen LogP contribution in [0.15, 0.2) is 0 Å².